The number of hydrogen-bond acceptors (Lipinski definition) is 6. The lowest BCUT2D eigenvalue weighted by atomic mass is 10.1. The van der Waals surface area contributed by atoms with Crippen LogP contribution in [0.25, 0.3) is 0 Å². The zero-order valence-electron chi connectivity index (χ0n) is 17.0. The van der Waals surface area contributed by atoms with E-state index in [2.05, 4.69) is 5.32 Å². The zero-order valence-corrected chi connectivity index (χ0v) is 18.5. The molecule has 0 radical (unpaired) electrons. The Bertz CT molecular complexity index is 1050. The van der Waals surface area contributed by atoms with E-state index in [1.807, 2.05) is 0 Å². The number of carbonyl (C=O) groups is 2. The van der Waals surface area contributed by atoms with Gasteiger partial charge in [0, 0.05) is 24.3 Å². The number of halogens is 1. The third-order valence-corrected chi connectivity index (χ3v) is 6.81. The topological polar surface area (TPSA) is 102 Å². The van der Waals surface area contributed by atoms with E-state index in [1.54, 1.807) is 37.3 Å². The number of nitrogens with one attached hydrogen (secondary N) is 1. The summed E-state index contributed by atoms with van der Waals surface area (Å²) in [6, 6.07) is 10.9. The molecule has 0 unspecified atom stereocenters. The van der Waals surface area contributed by atoms with Crippen LogP contribution < -0.4 is 5.32 Å². The standard InChI is InChI=1S/C21H23ClN2O6S/c1-2-30-21(26)18-8-7-17(13-19(18)22)23-20(25)16-5-3-15(4-6-16)14-31(27,28)24-9-11-29-12-10-24/h3-8,13H,2,9-12,14H2,1H3,(H,23,25). The molecule has 1 heterocycles. The summed E-state index contributed by atoms with van der Waals surface area (Å²) in [5, 5.41) is 2.87. The molecule has 1 aliphatic heterocycles. The number of morpholine rings is 1. The normalized spacial score (nSPS) is 14.8. The highest BCUT2D eigenvalue weighted by atomic mass is 35.5. The minimum atomic E-state index is -3.44. The summed E-state index contributed by atoms with van der Waals surface area (Å²) in [5.74, 6) is -1.06. The monoisotopic (exact) mass is 466 g/mol. The van der Waals surface area contributed by atoms with Crippen molar-refractivity contribution >= 4 is 39.2 Å². The number of sulfonamides is 1. The van der Waals surface area contributed by atoms with E-state index in [-0.39, 0.29) is 28.9 Å². The second-order valence-electron chi connectivity index (χ2n) is 6.83. The molecule has 3 rings (SSSR count). The largest absolute Gasteiger partial charge is 0.462 e. The van der Waals surface area contributed by atoms with E-state index in [9.17, 15) is 18.0 Å². The van der Waals surface area contributed by atoms with Gasteiger partial charge < -0.3 is 14.8 Å². The predicted octanol–water partition coefficient (Wildman–Crippen LogP) is 2.93. The minimum absolute atomic E-state index is 0.139. The lowest BCUT2D eigenvalue weighted by Crippen LogP contribution is -2.41. The van der Waals surface area contributed by atoms with Crippen LogP contribution in [0.1, 0.15) is 33.2 Å². The van der Waals surface area contributed by atoms with Gasteiger partial charge in [-0.05, 0) is 42.8 Å². The summed E-state index contributed by atoms with van der Waals surface area (Å²) in [6.45, 7) is 3.41. The van der Waals surface area contributed by atoms with Gasteiger partial charge in [0.2, 0.25) is 10.0 Å². The van der Waals surface area contributed by atoms with Crippen LogP contribution in [0.4, 0.5) is 5.69 Å². The first-order chi connectivity index (χ1) is 14.8. The third kappa shape index (κ3) is 6.04. The smallest absolute Gasteiger partial charge is 0.339 e. The second kappa shape index (κ2) is 10.2. The summed E-state index contributed by atoms with van der Waals surface area (Å²) in [6.07, 6.45) is 0. The van der Waals surface area contributed by atoms with Crippen LogP contribution in [-0.4, -0.2) is 57.5 Å². The van der Waals surface area contributed by atoms with Gasteiger partial charge in [-0.25, -0.2) is 13.2 Å². The van der Waals surface area contributed by atoms with Gasteiger partial charge >= 0.3 is 5.97 Å². The fraction of sp³-hybridized carbons (Fsp3) is 0.333. The Morgan fingerprint density at radius 2 is 1.81 bits per heavy atom. The van der Waals surface area contributed by atoms with Crippen LogP contribution in [-0.2, 0) is 25.2 Å². The predicted molar refractivity (Wildman–Crippen MR) is 117 cm³/mol. The van der Waals surface area contributed by atoms with Crippen LogP contribution in [0.2, 0.25) is 5.02 Å². The van der Waals surface area contributed by atoms with Crippen LogP contribution in [0.3, 0.4) is 0 Å². The van der Waals surface area contributed by atoms with E-state index < -0.39 is 16.0 Å². The third-order valence-electron chi connectivity index (χ3n) is 4.65. The molecule has 0 saturated carbocycles. The number of ether oxygens (including phenoxy) is 2. The number of benzene rings is 2. The zero-order chi connectivity index (χ0) is 22.4. The molecule has 1 saturated heterocycles. The Kier molecular flexibility index (Phi) is 7.66. The molecule has 10 heteroatoms. The number of nitrogens with zero attached hydrogens (tertiary/aromatic N) is 1. The first kappa shape index (κ1) is 23.2. The molecule has 31 heavy (non-hydrogen) atoms. The van der Waals surface area contributed by atoms with Gasteiger partial charge in [-0.15, -0.1) is 0 Å². The van der Waals surface area contributed by atoms with E-state index >= 15 is 0 Å². The molecule has 8 nitrogen and oxygen atoms in total. The van der Waals surface area contributed by atoms with E-state index in [1.165, 1.54) is 16.4 Å². The Hall–Kier alpha value is -2.46. The van der Waals surface area contributed by atoms with Gasteiger partial charge in [0.15, 0.2) is 0 Å². The summed E-state index contributed by atoms with van der Waals surface area (Å²) < 4.78 is 36.5. The maximum Gasteiger partial charge on any atom is 0.339 e. The SMILES string of the molecule is CCOC(=O)c1ccc(NC(=O)c2ccc(CS(=O)(=O)N3CCOCC3)cc2)cc1Cl. The molecule has 1 amide bonds. The number of carbonyl (C=O) groups excluding carboxylic acids is 2. The average molecular weight is 467 g/mol. The average Bonchev–Trinajstić information content (AvgIpc) is 2.75. The van der Waals surface area contributed by atoms with Crippen molar-refractivity contribution in [3.05, 3.63) is 64.2 Å². The molecule has 0 aromatic heterocycles. The van der Waals surface area contributed by atoms with Gasteiger partial charge in [0.05, 0.1) is 36.2 Å². The summed E-state index contributed by atoms with van der Waals surface area (Å²) in [5.41, 5.74) is 1.58. The molecular formula is C21H23ClN2O6S. The minimum Gasteiger partial charge on any atom is -0.462 e. The summed E-state index contributed by atoms with van der Waals surface area (Å²) in [7, 11) is -3.44. The maximum absolute atomic E-state index is 12.5. The first-order valence-corrected chi connectivity index (χ1v) is 11.7. The van der Waals surface area contributed by atoms with Crippen molar-refractivity contribution in [2.24, 2.45) is 0 Å². The molecular weight excluding hydrogens is 444 g/mol. The summed E-state index contributed by atoms with van der Waals surface area (Å²) >= 11 is 6.11. The van der Waals surface area contributed by atoms with Crippen LogP contribution in [0.5, 0.6) is 0 Å². The Morgan fingerprint density at radius 3 is 2.42 bits per heavy atom. The molecule has 0 bridgehead atoms. The quantitative estimate of drug-likeness (QED) is 0.629. The van der Waals surface area contributed by atoms with Gasteiger partial charge in [0.25, 0.3) is 5.91 Å². The summed E-state index contributed by atoms with van der Waals surface area (Å²) in [4.78, 5) is 24.3. The molecule has 2 aromatic carbocycles. The molecule has 0 atom stereocenters. The molecule has 1 aliphatic rings. The lowest BCUT2D eigenvalue weighted by Gasteiger charge is -2.26. The van der Waals surface area contributed by atoms with Crippen molar-refractivity contribution in [1.29, 1.82) is 0 Å². The molecule has 1 N–H and O–H groups in total. The van der Waals surface area contributed by atoms with E-state index in [0.717, 1.165) is 0 Å². The fourth-order valence-corrected chi connectivity index (χ4v) is 4.81. The first-order valence-electron chi connectivity index (χ1n) is 9.72. The number of hydrogen-bond donors (Lipinski definition) is 1. The highest BCUT2D eigenvalue weighted by Crippen LogP contribution is 2.22. The highest BCUT2D eigenvalue weighted by molar-refractivity contribution is 7.88. The van der Waals surface area contributed by atoms with E-state index in [4.69, 9.17) is 21.1 Å². The van der Waals surface area contributed by atoms with Crippen molar-refractivity contribution in [2.45, 2.75) is 12.7 Å². The molecule has 0 aliphatic carbocycles. The van der Waals surface area contributed by atoms with Crippen LogP contribution in [0, 0.1) is 0 Å². The lowest BCUT2D eigenvalue weighted by molar-refractivity contribution is 0.0526. The van der Waals surface area contributed by atoms with Crippen molar-refractivity contribution in [3.63, 3.8) is 0 Å². The van der Waals surface area contributed by atoms with Gasteiger partial charge in [-0.3, -0.25) is 4.79 Å². The van der Waals surface area contributed by atoms with Gasteiger partial charge in [0.1, 0.15) is 0 Å². The molecule has 0 spiro atoms. The fourth-order valence-electron chi connectivity index (χ4n) is 3.05. The van der Waals surface area contributed by atoms with Crippen LogP contribution in [0.15, 0.2) is 42.5 Å². The number of amides is 1. The van der Waals surface area contributed by atoms with Crippen molar-refractivity contribution in [2.75, 3.05) is 38.2 Å². The van der Waals surface area contributed by atoms with Crippen molar-refractivity contribution in [3.8, 4) is 0 Å². The number of esters is 1. The Balaban J connectivity index is 1.64. The number of rotatable bonds is 7. The molecule has 1 fully saturated rings. The van der Waals surface area contributed by atoms with E-state index in [0.29, 0.717) is 43.1 Å². The van der Waals surface area contributed by atoms with Crippen molar-refractivity contribution < 1.29 is 27.5 Å². The second-order valence-corrected chi connectivity index (χ2v) is 9.21. The Labute approximate surface area is 186 Å². The highest BCUT2D eigenvalue weighted by Gasteiger charge is 2.24. The molecule has 166 valence electrons. The maximum atomic E-state index is 12.5. The number of anilines is 1. The van der Waals surface area contributed by atoms with Crippen molar-refractivity contribution in [1.82, 2.24) is 4.31 Å². The molecule has 2 aromatic rings. The van der Waals surface area contributed by atoms with Gasteiger partial charge in [-0.1, -0.05) is 23.7 Å². The Morgan fingerprint density at radius 1 is 1.13 bits per heavy atom. The van der Waals surface area contributed by atoms with Gasteiger partial charge in [-0.2, -0.15) is 4.31 Å². The van der Waals surface area contributed by atoms with Crippen LogP contribution >= 0.6 is 11.6 Å².